The van der Waals surface area contributed by atoms with Crippen LogP contribution in [-0.2, 0) is 4.79 Å². The predicted octanol–water partition coefficient (Wildman–Crippen LogP) is 2.73. The fourth-order valence-corrected chi connectivity index (χ4v) is 1.91. The van der Waals surface area contributed by atoms with Crippen LogP contribution in [0.2, 0.25) is 0 Å². The first-order chi connectivity index (χ1) is 7.11. The first kappa shape index (κ1) is 12.2. The van der Waals surface area contributed by atoms with Crippen molar-refractivity contribution >= 4 is 34.3 Å². The number of hydrogen-bond donors (Lipinski definition) is 1. The highest BCUT2D eigenvalue weighted by atomic mass is 127. The van der Waals surface area contributed by atoms with E-state index in [9.17, 15) is 9.59 Å². The van der Waals surface area contributed by atoms with E-state index in [1.54, 1.807) is 6.07 Å². The second-order valence-electron chi connectivity index (χ2n) is 3.15. The van der Waals surface area contributed by atoms with Gasteiger partial charge < -0.3 is 5.11 Å². The van der Waals surface area contributed by atoms with Crippen LogP contribution >= 0.6 is 22.6 Å². The summed E-state index contributed by atoms with van der Waals surface area (Å²) in [6, 6.07) is 7.32. The molecule has 0 aliphatic rings. The van der Waals surface area contributed by atoms with Crippen LogP contribution in [0.25, 0.3) is 0 Å². The molecule has 0 bridgehead atoms. The Morgan fingerprint density at radius 2 is 1.87 bits per heavy atom. The van der Waals surface area contributed by atoms with Gasteiger partial charge in [-0.25, -0.2) is 0 Å². The van der Waals surface area contributed by atoms with Gasteiger partial charge in [-0.3, -0.25) is 9.59 Å². The van der Waals surface area contributed by atoms with Gasteiger partial charge in [-0.1, -0.05) is 18.2 Å². The van der Waals surface area contributed by atoms with Gasteiger partial charge in [0.2, 0.25) is 0 Å². The minimum atomic E-state index is -0.856. The average molecular weight is 318 g/mol. The molecule has 0 saturated carbocycles. The van der Waals surface area contributed by atoms with Gasteiger partial charge in [0.25, 0.3) is 0 Å². The minimum absolute atomic E-state index is 0.0150. The molecule has 1 aromatic rings. The topological polar surface area (TPSA) is 54.4 Å². The zero-order valence-corrected chi connectivity index (χ0v) is 10.2. The Hall–Kier alpha value is -0.910. The Labute approximate surface area is 102 Å². The van der Waals surface area contributed by atoms with Gasteiger partial charge in [0.05, 0.1) is 0 Å². The molecular formula is C11H11IO3. The molecule has 0 heterocycles. The molecule has 0 spiro atoms. The fourth-order valence-electron chi connectivity index (χ4n) is 1.22. The molecule has 0 amide bonds. The van der Waals surface area contributed by atoms with E-state index < -0.39 is 5.97 Å². The van der Waals surface area contributed by atoms with E-state index >= 15 is 0 Å². The molecule has 0 saturated heterocycles. The highest BCUT2D eigenvalue weighted by molar-refractivity contribution is 14.1. The van der Waals surface area contributed by atoms with Crippen molar-refractivity contribution in [2.24, 2.45) is 0 Å². The number of halogens is 1. The van der Waals surface area contributed by atoms with Crippen molar-refractivity contribution in [1.29, 1.82) is 0 Å². The molecule has 0 fully saturated rings. The Bertz CT molecular complexity index is 374. The summed E-state index contributed by atoms with van der Waals surface area (Å²) < 4.78 is 0.912. The standard InChI is InChI=1S/C11H11IO3/c12-9-5-2-1-4-8(9)10(13)6-3-7-11(14)15/h1-2,4-5H,3,6-7H2,(H,14,15). The second kappa shape index (κ2) is 5.85. The van der Waals surface area contributed by atoms with E-state index in [0.29, 0.717) is 18.4 Å². The van der Waals surface area contributed by atoms with Crippen LogP contribution in [0.3, 0.4) is 0 Å². The highest BCUT2D eigenvalue weighted by Crippen LogP contribution is 2.14. The lowest BCUT2D eigenvalue weighted by atomic mass is 10.1. The van der Waals surface area contributed by atoms with Gasteiger partial charge >= 0.3 is 5.97 Å². The molecule has 0 unspecified atom stereocenters. The zero-order chi connectivity index (χ0) is 11.3. The summed E-state index contributed by atoms with van der Waals surface area (Å²) in [5.74, 6) is -0.841. The van der Waals surface area contributed by atoms with Gasteiger partial charge in [0, 0.05) is 22.0 Å². The maximum Gasteiger partial charge on any atom is 0.303 e. The molecule has 3 nitrogen and oxygen atoms in total. The Morgan fingerprint density at radius 3 is 2.47 bits per heavy atom. The van der Waals surface area contributed by atoms with Crippen LogP contribution in [-0.4, -0.2) is 16.9 Å². The summed E-state index contributed by atoms with van der Waals surface area (Å²) in [6.07, 6.45) is 0.751. The third-order valence-electron chi connectivity index (χ3n) is 1.97. The molecule has 0 aliphatic heterocycles. The number of hydrogen-bond acceptors (Lipinski definition) is 2. The van der Waals surface area contributed by atoms with Gasteiger partial charge in [-0.05, 0) is 35.1 Å². The van der Waals surface area contributed by atoms with Gasteiger partial charge in [-0.2, -0.15) is 0 Å². The van der Waals surface area contributed by atoms with Crippen LogP contribution in [0.1, 0.15) is 29.6 Å². The van der Waals surface area contributed by atoms with E-state index in [1.807, 2.05) is 18.2 Å². The van der Waals surface area contributed by atoms with Crippen molar-refractivity contribution in [3.05, 3.63) is 33.4 Å². The monoisotopic (exact) mass is 318 g/mol. The molecule has 1 N–H and O–H groups in total. The van der Waals surface area contributed by atoms with Gasteiger partial charge in [0.15, 0.2) is 5.78 Å². The first-order valence-electron chi connectivity index (χ1n) is 4.61. The van der Waals surface area contributed by atoms with Crippen molar-refractivity contribution in [2.45, 2.75) is 19.3 Å². The number of carboxylic acids is 1. The molecule has 0 aliphatic carbocycles. The van der Waals surface area contributed by atoms with Crippen LogP contribution in [0.15, 0.2) is 24.3 Å². The first-order valence-corrected chi connectivity index (χ1v) is 5.68. The number of carboxylic acid groups (broad SMARTS) is 1. The number of carbonyl (C=O) groups excluding carboxylic acids is 1. The minimum Gasteiger partial charge on any atom is -0.481 e. The maximum absolute atomic E-state index is 11.6. The molecule has 4 heteroatoms. The second-order valence-corrected chi connectivity index (χ2v) is 4.31. The average Bonchev–Trinajstić information content (AvgIpc) is 2.17. The van der Waals surface area contributed by atoms with Crippen molar-refractivity contribution in [3.63, 3.8) is 0 Å². The third kappa shape index (κ3) is 3.99. The number of aliphatic carboxylic acids is 1. The summed E-state index contributed by atoms with van der Waals surface area (Å²) in [6.45, 7) is 0. The summed E-state index contributed by atoms with van der Waals surface area (Å²) in [5.41, 5.74) is 0.684. The largest absolute Gasteiger partial charge is 0.481 e. The summed E-state index contributed by atoms with van der Waals surface area (Å²) >= 11 is 2.10. The van der Waals surface area contributed by atoms with Crippen LogP contribution < -0.4 is 0 Å². The van der Waals surface area contributed by atoms with E-state index in [0.717, 1.165) is 3.57 Å². The third-order valence-corrected chi connectivity index (χ3v) is 2.91. The number of rotatable bonds is 5. The SMILES string of the molecule is O=C(O)CCCC(=O)c1ccccc1I. The Kier molecular flexibility index (Phi) is 4.74. The molecule has 80 valence electrons. The van der Waals surface area contributed by atoms with Crippen LogP contribution in [0.5, 0.6) is 0 Å². The van der Waals surface area contributed by atoms with Gasteiger partial charge in [-0.15, -0.1) is 0 Å². The van der Waals surface area contributed by atoms with Crippen LogP contribution in [0, 0.1) is 3.57 Å². The molecule has 0 aromatic heterocycles. The lowest BCUT2D eigenvalue weighted by molar-refractivity contribution is -0.137. The summed E-state index contributed by atoms with van der Waals surface area (Å²) in [7, 11) is 0. The normalized spacial score (nSPS) is 9.93. The van der Waals surface area contributed by atoms with Crippen molar-refractivity contribution in [2.75, 3.05) is 0 Å². The smallest absolute Gasteiger partial charge is 0.303 e. The molecule has 0 radical (unpaired) electrons. The van der Waals surface area contributed by atoms with Crippen LogP contribution in [0.4, 0.5) is 0 Å². The van der Waals surface area contributed by atoms with E-state index in [2.05, 4.69) is 22.6 Å². The molecule has 1 rings (SSSR count). The maximum atomic E-state index is 11.6. The summed E-state index contributed by atoms with van der Waals surface area (Å²) in [5, 5.41) is 8.44. The number of ketones is 1. The van der Waals surface area contributed by atoms with Crippen molar-refractivity contribution in [1.82, 2.24) is 0 Å². The molecule has 15 heavy (non-hydrogen) atoms. The molecule has 0 atom stereocenters. The van der Waals surface area contributed by atoms with Crippen molar-refractivity contribution < 1.29 is 14.7 Å². The molecule has 1 aromatic carbocycles. The van der Waals surface area contributed by atoms with E-state index in [4.69, 9.17) is 5.11 Å². The number of benzene rings is 1. The lowest BCUT2D eigenvalue weighted by Gasteiger charge is -2.02. The number of carbonyl (C=O) groups is 2. The zero-order valence-electron chi connectivity index (χ0n) is 8.07. The Balaban J connectivity index is 2.54. The van der Waals surface area contributed by atoms with E-state index in [1.165, 1.54) is 0 Å². The predicted molar refractivity (Wildman–Crippen MR) is 65.0 cm³/mol. The fraction of sp³-hybridized carbons (Fsp3) is 0.273. The quantitative estimate of drug-likeness (QED) is 0.671. The number of Topliss-reactive ketones (excluding diaryl/α,β-unsaturated/α-hetero) is 1. The van der Waals surface area contributed by atoms with Gasteiger partial charge in [0.1, 0.15) is 0 Å². The lowest BCUT2D eigenvalue weighted by Crippen LogP contribution is -2.03. The van der Waals surface area contributed by atoms with Crippen molar-refractivity contribution in [3.8, 4) is 0 Å². The molecular weight excluding hydrogens is 307 g/mol. The van der Waals surface area contributed by atoms with E-state index in [-0.39, 0.29) is 12.2 Å². The Morgan fingerprint density at radius 1 is 1.20 bits per heavy atom. The summed E-state index contributed by atoms with van der Waals surface area (Å²) in [4.78, 5) is 21.9. The highest BCUT2D eigenvalue weighted by Gasteiger charge is 2.09.